The molecule has 2 aromatic heterocycles. The summed E-state index contributed by atoms with van der Waals surface area (Å²) in [4.78, 5) is 13.3. The number of nitrogens with one attached hydrogen (secondary N) is 2. The van der Waals surface area contributed by atoms with Crippen LogP contribution < -0.4 is 10.6 Å². The van der Waals surface area contributed by atoms with Gasteiger partial charge < -0.3 is 15.4 Å². The van der Waals surface area contributed by atoms with Crippen molar-refractivity contribution in [1.82, 2.24) is 15.0 Å². The lowest BCUT2D eigenvalue weighted by molar-refractivity contribution is 0.120. The molecule has 24 heavy (non-hydrogen) atoms. The Labute approximate surface area is 143 Å². The van der Waals surface area contributed by atoms with Crippen LogP contribution in [0.25, 0.3) is 11.3 Å². The number of hydrogen-bond donors (Lipinski definition) is 2. The Morgan fingerprint density at radius 3 is 2.83 bits per heavy atom. The summed E-state index contributed by atoms with van der Waals surface area (Å²) in [6, 6.07) is 6.22. The molecule has 0 saturated carbocycles. The minimum atomic E-state index is 0.273. The molecule has 1 saturated heterocycles. The average molecular weight is 327 g/mol. The lowest BCUT2D eigenvalue weighted by Gasteiger charge is -2.16. The summed E-state index contributed by atoms with van der Waals surface area (Å²) < 4.78 is 5.67. The second-order valence-corrected chi connectivity index (χ2v) is 6.17. The predicted molar refractivity (Wildman–Crippen MR) is 96.1 cm³/mol. The maximum Gasteiger partial charge on any atom is 0.225 e. The zero-order chi connectivity index (χ0) is 16.8. The summed E-state index contributed by atoms with van der Waals surface area (Å²) in [5.74, 6) is 1.46. The van der Waals surface area contributed by atoms with Gasteiger partial charge in [-0.3, -0.25) is 4.98 Å². The predicted octanol–water partition coefficient (Wildman–Crippen LogP) is 3.34. The highest BCUT2D eigenvalue weighted by molar-refractivity contribution is 5.63. The quantitative estimate of drug-likeness (QED) is 0.812. The Morgan fingerprint density at radius 1 is 1.29 bits per heavy atom. The minimum absolute atomic E-state index is 0.273. The van der Waals surface area contributed by atoms with Gasteiger partial charge in [0, 0.05) is 43.2 Å². The lowest BCUT2D eigenvalue weighted by Crippen LogP contribution is -2.20. The normalized spacial score (nSPS) is 18.3. The van der Waals surface area contributed by atoms with Gasteiger partial charge in [0.05, 0.1) is 11.8 Å². The molecule has 0 aliphatic carbocycles. The van der Waals surface area contributed by atoms with Gasteiger partial charge in [-0.15, -0.1) is 0 Å². The van der Waals surface area contributed by atoms with Crippen LogP contribution in [0.5, 0.6) is 0 Å². The molecule has 128 valence electrons. The summed E-state index contributed by atoms with van der Waals surface area (Å²) in [7, 11) is 0. The zero-order valence-corrected chi connectivity index (χ0v) is 14.3. The van der Waals surface area contributed by atoms with Crippen molar-refractivity contribution < 1.29 is 4.74 Å². The van der Waals surface area contributed by atoms with E-state index in [1.165, 1.54) is 0 Å². The van der Waals surface area contributed by atoms with E-state index in [0.717, 1.165) is 49.5 Å². The van der Waals surface area contributed by atoms with Crippen LogP contribution in [0.4, 0.5) is 11.8 Å². The topological polar surface area (TPSA) is 72.0 Å². The van der Waals surface area contributed by atoms with E-state index in [9.17, 15) is 0 Å². The maximum atomic E-state index is 5.67. The number of rotatable bonds is 7. The van der Waals surface area contributed by atoms with Crippen molar-refractivity contribution in [2.45, 2.75) is 45.3 Å². The summed E-state index contributed by atoms with van der Waals surface area (Å²) in [6.07, 6.45) is 7.08. The molecule has 0 unspecified atom stereocenters. The van der Waals surface area contributed by atoms with Gasteiger partial charge in [0.1, 0.15) is 5.82 Å². The van der Waals surface area contributed by atoms with E-state index in [4.69, 9.17) is 4.74 Å². The number of nitrogens with zero attached hydrogens (tertiary/aromatic N) is 3. The first-order valence-corrected chi connectivity index (χ1v) is 8.66. The molecule has 1 aliphatic heterocycles. The summed E-state index contributed by atoms with van der Waals surface area (Å²) in [5, 5.41) is 6.76. The molecule has 0 spiro atoms. The van der Waals surface area contributed by atoms with Crippen LogP contribution >= 0.6 is 0 Å². The first-order chi connectivity index (χ1) is 11.7. The maximum absolute atomic E-state index is 5.67. The van der Waals surface area contributed by atoms with Crippen molar-refractivity contribution in [3.8, 4) is 11.3 Å². The molecule has 3 heterocycles. The first-order valence-electron chi connectivity index (χ1n) is 8.66. The van der Waals surface area contributed by atoms with Crippen molar-refractivity contribution >= 4 is 11.8 Å². The SMILES string of the molecule is CC[C@H](C)Nc1nc(NC[C@@H]2CCCO2)cc(-c2ccncc2)n1. The fourth-order valence-electron chi connectivity index (χ4n) is 2.62. The monoisotopic (exact) mass is 327 g/mol. The first kappa shape index (κ1) is 16.6. The van der Waals surface area contributed by atoms with E-state index in [2.05, 4.69) is 39.4 Å². The Hall–Kier alpha value is -2.21. The third-order valence-corrected chi connectivity index (χ3v) is 4.22. The second kappa shape index (κ2) is 8.06. The van der Waals surface area contributed by atoms with Gasteiger partial charge in [0.15, 0.2) is 0 Å². The molecular formula is C18H25N5O. The molecule has 0 bridgehead atoms. The van der Waals surface area contributed by atoms with Crippen LogP contribution in [-0.4, -0.2) is 40.2 Å². The number of pyridine rings is 1. The van der Waals surface area contributed by atoms with Gasteiger partial charge in [0.2, 0.25) is 5.95 Å². The van der Waals surface area contributed by atoms with Crippen molar-refractivity contribution in [3.05, 3.63) is 30.6 Å². The van der Waals surface area contributed by atoms with Gasteiger partial charge in [-0.05, 0) is 38.3 Å². The van der Waals surface area contributed by atoms with Crippen molar-refractivity contribution in [3.63, 3.8) is 0 Å². The van der Waals surface area contributed by atoms with Gasteiger partial charge >= 0.3 is 0 Å². The van der Waals surface area contributed by atoms with E-state index in [1.807, 2.05) is 18.2 Å². The number of hydrogen-bond acceptors (Lipinski definition) is 6. The van der Waals surface area contributed by atoms with Crippen LogP contribution in [0.1, 0.15) is 33.1 Å². The van der Waals surface area contributed by atoms with Crippen molar-refractivity contribution in [2.24, 2.45) is 0 Å². The van der Waals surface area contributed by atoms with E-state index in [-0.39, 0.29) is 6.10 Å². The number of aromatic nitrogens is 3. The van der Waals surface area contributed by atoms with Crippen LogP contribution in [0.15, 0.2) is 30.6 Å². The van der Waals surface area contributed by atoms with Crippen LogP contribution in [0.2, 0.25) is 0 Å². The van der Waals surface area contributed by atoms with Crippen LogP contribution in [0, 0.1) is 0 Å². The van der Waals surface area contributed by atoms with Crippen molar-refractivity contribution in [2.75, 3.05) is 23.8 Å². The Bertz CT molecular complexity index is 643. The third-order valence-electron chi connectivity index (χ3n) is 4.22. The smallest absolute Gasteiger partial charge is 0.225 e. The minimum Gasteiger partial charge on any atom is -0.376 e. The Morgan fingerprint density at radius 2 is 2.12 bits per heavy atom. The fourth-order valence-corrected chi connectivity index (χ4v) is 2.62. The van der Waals surface area contributed by atoms with E-state index in [1.54, 1.807) is 12.4 Å². The fraction of sp³-hybridized carbons (Fsp3) is 0.500. The molecular weight excluding hydrogens is 302 g/mol. The van der Waals surface area contributed by atoms with Crippen molar-refractivity contribution in [1.29, 1.82) is 0 Å². The summed E-state index contributed by atoms with van der Waals surface area (Å²) in [5.41, 5.74) is 1.91. The van der Waals surface area contributed by atoms with E-state index >= 15 is 0 Å². The third kappa shape index (κ3) is 4.41. The molecule has 1 aliphatic rings. The largest absolute Gasteiger partial charge is 0.376 e. The van der Waals surface area contributed by atoms with Gasteiger partial charge in [-0.1, -0.05) is 6.92 Å². The lowest BCUT2D eigenvalue weighted by atomic mass is 10.2. The molecule has 0 aromatic carbocycles. The highest BCUT2D eigenvalue weighted by Crippen LogP contribution is 2.22. The molecule has 6 nitrogen and oxygen atoms in total. The number of ether oxygens (including phenoxy) is 1. The van der Waals surface area contributed by atoms with E-state index < -0.39 is 0 Å². The summed E-state index contributed by atoms with van der Waals surface area (Å²) in [6.45, 7) is 5.90. The standard InChI is InChI=1S/C18H25N5O/c1-3-13(2)21-18-22-16(14-6-8-19-9-7-14)11-17(23-18)20-12-15-5-4-10-24-15/h6-9,11,13,15H,3-5,10,12H2,1-2H3,(H2,20,21,22,23)/t13-,15-/m0/s1. The molecule has 0 radical (unpaired) electrons. The molecule has 2 N–H and O–H groups in total. The van der Waals surface area contributed by atoms with Gasteiger partial charge in [-0.25, -0.2) is 4.98 Å². The Kier molecular flexibility index (Phi) is 5.59. The molecule has 1 fully saturated rings. The zero-order valence-electron chi connectivity index (χ0n) is 14.3. The molecule has 2 aromatic rings. The molecule has 6 heteroatoms. The average Bonchev–Trinajstić information content (AvgIpc) is 3.14. The highest BCUT2D eigenvalue weighted by Gasteiger charge is 2.16. The molecule has 0 amide bonds. The van der Waals surface area contributed by atoms with Gasteiger partial charge in [-0.2, -0.15) is 4.98 Å². The molecule has 2 atom stereocenters. The van der Waals surface area contributed by atoms with Crippen LogP contribution in [0.3, 0.4) is 0 Å². The summed E-state index contributed by atoms with van der Waals surface area (Å²) >= 11 is 0. The van der Waals surface area contributed by atoms with Crippen LogP contribution in [-0.2, 0) is 4.74 Å². The number of anilines is 2. The van der Waals surface area contributed by atoms with E-state index in [0.29, 0.717) is 12.0 Å². The highest BCUT2D eigenvalue weighted by atomic mass is 16.5. The Balaban J connectivity index is 1.81. The second-order valence-electron chi connectivity index (χ2n) is 6.17. The molecule has 3 rings (SSSR count). The van der Waals surface area contributed by atoms with Gasteiger partial charge in [0.25, 0.3) is 0 Å².